The summed E-state index contributed by atoms with van der Waals surface area (Å²) in [7, 11) is 0. The molecule has 0 amide bonds. The van der Waals surface area contributed by atoms with Crippen molar-refractivity contribution in [2.75, 3.05) is 0 Å². The molecule has 0 heterocycles. The van der Waals surface area contributed by atoms with E-state index in [4.69, 9.17) is 0 Å². The van der Waals surface area contributed by atoms with E-state index >= 15 is 0 Å². The van der Waals surface area contributed by atoms with E-state index in [-0.39, 0.29) is 0 Å². The van der Waals surface area contributed by atoms with Crippen LogP contribution in [0, 0.1) is 181 Å². The first-order valence-corrected chi connectivity index (χ1v) is 43.5. The molecule has 492 valence electrons. The molecule has 20 aliphatic carbocycles. The minimum atomic E-state index is 0.754. The molecule has 5 spiro atoms. The third-order valence-electron chi connectivity index (χ3n) is 39.0. The van der Waals surface area contributed by atoms with Gasteiger partial charge >= 0.3 is 0 Å². The molecular weight excluding hydrogens is 1060 g/mol. The van der Waals surface area contributed by atoms with Crippen LogP contribution in [0.4, 0.5) is 0 Å². The fraction of sp³-hybridized carbons (Fsp3) is 1.00. The Morgan fingerprint density at radius 3 is 1.51 bits per heavy atom. The molecule has 0 heteroatoms. The van der Waals surface area contributed by atoms with Gasteiger partial charge in [0.25, 0.3) is 0 Å². The Morgan fingerprint density at radius 2 is 0.830 bits per heavy atom. The van der Waals surface area contributed by atoms with Gasteiger partial charge in [-0.15, -0.1) is 0 Å². The van der Waals surface area contributed by atoms with E-state index in [0.717, 1.165) is 175 Å². The van der Waals surface area contributed by atoms with Crippen molar-refractivity contribution >= 4 is 0 Å². The van der Waals surface area contributed by atoms with Gasteiger partial charge in [0, 0.05) is 0 Å². The van der Waals surface area contributed by atoms with Gasteiger partial charge in [0.05, 0.1) is 0 Å². The maximum absolute atomic E-state index is 1.77. The van der Waals surface area contributed by atoms with Gasteiger partial charge in [0.15, 0.2) is 0 Å². The first kappa shape index (κ1) is 59.3. The second kappa shape index (κ2) is 23.6. The normalized spacial score (nSPS) is 58.4. The van der Waals surface area contributed by atoms with Crippen molar-refractivity contribution in [3.63, 3.8) is 0 Å². The number of hydrogen-bond donors (Lipinski definition) is 0. The van der Waals surface area contributed by atoms with E-state index in [9.17, 15) is 0 Å². The van der Waals surface area contributed by atoms with Gasteiger partial charge in [0.1, 0.15) is 0 Å². The highest BCUT2D eigenvalue weighted by atomic mass is 14.9. The van der Waals surface area contributed by atoms with E-state index in [2.05, 4.69) is 0 Å². The zero-order chi connectivity index (χ0) is 57.8. The summed E-state index contributed by atoms with van der Waals surface area (Å²) in [5.74, 6) is 29.4. The number of fused-ring (bicyclic) bond motifs is 21. The van der Waals surface area contributed by atoms with Gasteiger partial charge in [0.2, 0.25) is 0 Å². The second-order valence-corrected chi connectivity index (χ2v) is 40.5. The van der Waals surface area contributed by atoms with Crippen molar-refractivity contribution in [2.24, 2.45) is 181 Å². The van der Waals surface area contributed by atoms with E-state index < -0.39 is 0 Å². The van der Waals surface area contributed by atoms with Gasteiger partial charge in [-0.05, 0) is 354 Å². The Hall–Kier alpha value is 0. The molecular formula is C88H140. The minimum Gasteiger partial charge on any atom is -0.0533 e. The molecule has 0 aromatic carbocycles. The van der Waals surface area contributed by atoms with Crippen molar-refractivity contribution in [1.82, 2.24) is 0 Å². The third kappa shape index (κ3) is 8.78. The van der Waals surface area contributed by atoms with Gasteiger partial charge in [-0.1, -0.05) is 193 Å². The average molecular weight is 1200 g/mol. The van der Waals surface area contributed by atoms with Crippen molar-refractivity contribution in [2.45, 2.75) is 366 Å². The highest BCUT2D eigenvalue weighted by Gasteiger charge is 2.88. The van der Waals surface area contributed by atoms with Gasteiger partial charge in [-0.3, -0.25) is 0 Å². The summed E-state index contributed by atoms with van der Waals surface area (Å²) in [5, 5.41) is 0. The Kier molecular flexibility index (Phi) is 15.9. The first-order chi connectivity index (χ1) is 43.5. The summed E-state index contributed by atoms with van der Waals surface area (Å²) in [4.78, 5) is 0. The molecule has 0 aliphatic heterocycles. The third-order valence-corrected chi connectivity index (χ3v) is 39.0. The molecule has 0 nitrogen and oxygen atoms in total. The van der Waals surface area contributed by atoms with E-state index in [0.29, 0.717) is 0 Å². The topological polar surface area (TPSA) is 0 Å². The monoisotopic (exact) mass is 1200 g/mol. The number of hydrogen-bond acceptors (Lipinski definition) is 0. The quantitative estimate of drug-likeness (QED) is 0.227. The Bertz CT molecular complexity index is 2430. The lowest BCUT2D eigenvalue weighted by atomic mass is 9.15. The van der Waals surface area contributed by atoms with Crippen molar-refractivity contribution in [3.8, 4) is 0 Å². The van der Waals surface area contributed by atoms with Gasteiger partial charge < -0.3 is 0 Å². The zero-order valence-electron chi connectivity index (χ0n) is 57.8. The highest BCUT2D eigenvalue weighted by Crippen LogP contribution is 2.94. The fourth-order valence-corrected chi connectivity index (χ4v) is 35.9. The van der Waals surface area contributed by atoms with Crippen LogP contribution in [0.3, 0.4) is 0 Å². The molecule has 0 aromatic heterocycles. The Morgan fingerprint density at radius 1 is 0.227 bits per heavy atom. The van der Waals surface area contributed by atoms with E-state index in [1.165, 1.54) is 5.92 Å². The lowest BCUT2D eigenvalue weighted by Gasteiger charge is -2.89. The van der Waals surface area contributed by atoms with Crippen molar-refractivity contribution in [1.29, 1.82) is 0 Å². The van der Waals surface area contributed by atoms with Crippen molar-refractivity contribution < 1.29 is 0 Å². The molecule has 20 saturated carbocycles. The minimum absolute atomic E-state index is 0.754. The summed E-state index contributed by atoms with van der Waals surface area (Å²) in [6.07, 6.45) is 93.1. The summed E-state index contributed by atoms with van der Waals surface area (Å²) in [5.41, 5.74) is 3.94. The standard InChI is InChI=1S/C88H140/c1-2-4-8-18-27-63-52-79-77-44-48-85(77)56-65(70-42-43-76(70)85)38-40-67-53-68-57-86-47-23-15-7-11-17-26-60-37-36-59(60)25-16-9-6-10-19-28-64-50-71(83(82(64)86)88(67,68)86)62-35-33-58(49-62)32-34-61-39-41-69(61)72-54-80-81(78-30-21-13-12-20-29-75(63)87(78,79)80)73(72)51-66-55-84(45-22-14-5-3-1)46-24-31-74(66)84/h58-83H,1-57H2. The molecule has 0 aromatic rings. The Labute approximate surface area is 543 Å². The summed E-state index contributed by atoms with van der Waals surface area (Å²) >= 11 is 0. The Balaban J connectivity index is 0.659. The fourth-order valence-electron chi connectivity index (χ4n) is 35.9. The highest BCUT2D eigenvalue weighted by molar-refractivity contribution is 5.36. The zero-order valence-corrected chi connectivity index (χ0v) is 57.8. The maximum atomic E-state index is 1.77. The predicted molar refractivity (Wildman–Crippen MR) is 366 cm³/mol. The van der Waals surface area contributed by atoms with Crippen LogP contribution in [-0.4, -0.2) is 0 Å². The molecule has 14 bridgehead atoms. The van der Waals surface area contributed by atoms with Crippen LogP contribution in [0.2, 0.25) is 0 Å². The summed E-state index contributed by atoms with van der Waals surface area (Å²) < 4.78 is 0. The first-order valence-electron chi connectivity index (χ1n) is 43.5. The molecule has 20 rings (SSSR count). The summed E-state index contributed by atoms with van der Waals surface area (Å²) in [6.45, 7) is 0. The van der Waals surface area contributed by atoms with Crippen LogP contribution < -0.4 is 0 Å². The lowest BCUT2D eigenvalue weighted by Crippen LogP contribution is -2.84. The SMILES string of the molecule is C1CCCCCC2CC3C4CCC45CC(CCC4CC6CC78CCCCCCCC9CCC9CCCCCCCC9CC(C%10CCC(CCC%11CCC%11C%11CC%12C(C%11CC%11CC%13(CCCCC1)CCCC%11%13)C1CCCCCCC2C1%123)C%10)C(C97)C468)C1CCC15. The molecule has 88 heavy (non-hydrogen) atoms. The molecule has 0 radical (unpaired) electrons. The lowest BCUT2D eigenvalue weighted by molar-refractivity contribution is -0.415. The van der Waals surface area contributed by atoms with Crippen LogP contribution in [0.25, 0.3) is 0 Å². The number of rotatable bonds is 0. The largest absolute Gasteiger partial charge is 0.0533 e. The van der Waals surface area contributed by atoms with E-state index in [1.54, 1.807) is 366 Å². The molecule has 0 N–H and O–H groups in total. The van der Waals surface area contributed by atoms with Gasteiger partial charge in [-0.2, -0.15) is 0 Å². The molecule has 0 saturated heterocycles. The van der Waals surface area contributed by atoms with Gasteiger partial charge in [-0.25, -0.2) is 0 Å². The van der Waals surface area contributed by atoms with Crippen LogP contribution in [0.5, 0.6) is 0 Å². The maximum Gasteiger partial charge on any atom is -0.0147 e. The van der Waals surface area contributed by atoms with Crippen LogP contribution in [0.15, 0.2) is 0 Å². The van der Waals surface area contributed by atoms with Crippen LogP contribution in [-0.2, 0) is 0 Å². The van der Waals surface area contributed by atoms with Crippen molar-refractivity contribution in [3.05, 3.63) is 0 Å². The smallest absolute Gasteiger partial charge is 0.0147 e. The second-order valence-electron chi connectivity index (χ2n) is 40.5. The van der Waals surface area contributed by atoms with Crippen LogP contribution >= 0.6 is 0 Å². The molecule has 20 aliphatic rings. The predicted octanol–water partition coefficient (Wildman–Crippen LogP) is 25.4. The molecule has 20 fully saturated rings. The summed E-state index contributed by atoms with van der Waals surface area (Å²) in [6, 6.07) is 0. The van der Waals surface area contributed by atoms with Crippen LogP contribution in [0.1, 0.15) is 366 Å². The average Bonchev–Trinajstić information content (AvgIpc) is 1.10. The van der Waals surface area contributed by atoms with E-state index in [1.807, 2.05) is 0 Å². The molecule has 31 unspecified atom stereocenters. The molecule has 31 atom stereocenters.